The Kier molecular flexibility index (Phi) is 2.82. The van der Waals surface area contributed by atoms with Crippen molar-refractivity contribution in [2.75, 3.05) is 0 Å². The van der Waals surface area contributed by atoms with Crippen LogP contribution in [0.4, 0.5) is 0 Å². The van der Waals surface area contributed by atoms with Crippen LogP contribution < -0.4 is 10.4 Å². The number of rotatable bonds is 1. The maximum absolute atomic E-state index is 11.6. The summed E-state index contributed by atoms with van der Waals surface area (Å²) in [6, 6.07) is 0. The molecular formula is C8H11ClN2O3. The second kappa shape index (κ2) is 3.59. The van der Waals surface area contributed by atoms with E-state index in [-0.39, 0.29) is 10.8 Å². The van der Waals surface area contributed by atoms with Gasteiger partial charge in [-0.25, -0.2) is 9.94 Å². The minimum atomic E-state index is -0.495. The molecule has 1 rings (SSSR count). The Hall–Kier alpha value is -1.07. The predicted octanol–water partition coefficient (Wildman–Crippen LogP) is 1.50. The Bertz CT molecular complexity index is 395. The van der Waals surface area contributed by atoms with E-state index in [4.69, 9.17) is 16.9 Å². The van der Waals surface area contributed by atoms with Gasteiger partial charge in [0.25, 0.3) is 5.56 Å². The van der Waals surface area contributed by atoms with Crippen LogP contribution in [0.25, 0.3) is 0 Å². The normalized spacial score (nSPS) is 11.5. The molecule has 78 valence electrons. The van der Waals surface area contributed by atoms with E-state index in [9.17, 15) is 4.79 Å². The van der Waals surface area contributed by atoms with Crippen LogP contribution in [0.3, 0.4) is 0 Å². The van der Waals surface area contributed by atoms with E-state index in [1.54, 1.807) is 0 Å². The molecule has 0 saturated heterocycles. The highest BCUT2D eigenvalue weighted by Crippen LogP contribution is 2.19. The number of nitrogens with zero attached hydrogens (tertiary/aromatic N) is 2. The molecule has 0 bridgehead atoms. The predicted molar refractivity (Wildman–Crippen MR) is 51.8 cm³/mol. The summed E-state index contributed by atoms with van der Waals surface area (Å²) in [5, 5.41) is 12.0. The van der Waals surface area contributed by atoms with Crippen LogP contribution in [0.15, 0.2) is 11.0 Å². The Labute approximate surface area is 85.8 Å². The van der Waals surface area contributed by atoms with E-state index >= 15 is 0 Å². The molecule has 1 N–H and O–H groups in total. The fourth-order valence-electron chi connectivity index (χ4n) is 0.959. The average Bonchev–Trinajstić information content (AvgIpc) is 2.07. The fraction of sp³-hybridized carbons (Fsp3) is 0.500. The lowest BCUT2D eigenvalue weighted by atomic mass is 10.1. The van der Waals surface area contributed by atoms with E-state index in [0.717, 1.165) is 0 Å². The molecule has 5 nitrogen and oxygen atoms in total. The summed E-state index contributed by atoms with van der Waals surface area (Å²) >= 11 is 5.65. The van der Waals surface area contributed by atoms with Crippen LogP contribution in [0.5, 0.6) is 5.75 Å². The monoisotopic (exact) mass is 218 g/mol. The van der Waals surface area contributed by atoms with Crippen LogP contribution in [0.1, 0.15) is 20.8 Å². The molecule has 1 aromatic heterocycles. The summed E-state index contributed by atoms with van der Waals surface area (Å²) < 4.78 is 1.22. The first-order valence-corrected chi connectivity index (χ1v) is 4.35. The van der Waals surface area contributed by atoms with Gasteiger partial charge >= 0.3 is 0 Å². The first-order chi connectivity index (χ1) is 6.38. The Balaban J connectivity index is 3.40. The largest absolute Gasteiger partial charge is 0.337 e. The lowest BCUT2D eigenvalue weighted by Crippen LogP contribution is -2.36. The molecule has 0 amide bonds. The average molecular weight is 219 g/mol. The number of hydrogen-bond acceptors (Lipinski definition) is 4. The van der Waals surface area contributed by atoms with E-state index < -0.39 is 11.1 Å². The highest BCUT2D eigenvalue weighted by atomic mass is 35.5. The zero-order valence-corrected chi connectivity index (χ0v) is 8.87. The van der Waals surface area contributed by atoms with Gasteiger partial charge in [-0.3, -0.25) is 4.79 Å². The summed E-state index contributed by atoms with van der Waals surface area (Å²) in [7, 11) is 0. The highest BCUT2D eigenvalue weighted by Gasteiger charge is 2.19. The Morgan fingerprint density at radius 1 is 1.57 bits per heavy atom. The molecule has 0 aliphatic heterocycles. The molecule has 6 heteroatoms. The molecule has 0 aliphatic rings. The molecule has 0 aliphatic carbocycles. The molecular weight excluding hydrogens is 208 g/mol. The Morgan fingerprint density at radius 3 is 2.57 bits per heavy atom. The summed E-state index contributed by atoms with van der Waals surface area (Å²) in [5.41, 5.74) is -0.958. The standard InChI is InChI=1S/C8H11ClN2O3/c1-8(2,3)11-7(12)6(9)5(14-13)4-10-11/h4,13H,1-3H3. The lowest BCUT2D eigenvalue weighted by molar-refractivity contribution is -0.138. The van der Waals surface area contributed by atoms with Gasteiger partial charge in [0.1, 0.15) is 0 Å². The first kappa shape index (κ1) is 11.0. The quantitative estimate of drug-likeness (QED) is 0.573. The zero-order valence-electron chi connectivity index (χ0n) is 8.11. The van der Waals surface area contributed by atoms with Crippen molar-refractivity contribution in [3.05, 3.63) is 21.6 Å². The van der Waals surface area contributed by atoms with Gasteiger partial charge in [0.05, 0.1) is 11.7 Å². The third-order valence-electron chi connectivity index (χ3n) is 1.62. The molecule has 1 heterocycles. The van der Waals surface area contributed by atoms with Crippen molar-refractivity contribution in [3.8, 4) is 5.75 Å². The summed E-state index contributed by atoms with van der Waals surface area (Å²) in [6.07, 6.45) is 1.19. The van der Waals surface area contributed by atoms with Crippen molar-refractivity contribution in [2.24, 2.45) is 0 Å². The van der Waals surface area contributed by atoms with Crippen LogP contribution >= 0.6 is 11.6 Å². The van der Waals surface area contributed by atoms with Crippen molar-refractivity contribution in [3.63, 3.8) is 0 Å². The van der Waals surface area contributed by atoms with Gasteiger partial charge in [-0.2, -0.15) is 5.10 Å². The van der Waals surface area contributed by atoms with Crippen molar-refractivity contribution in [2.45, 2.75) is 26.3 Å². The molecule has 0 radical (unpaired) electrons. The van der Waals surface area contributed by atoms with E-state index in [0.29, 0.717) is 0 Å². The zero-order chi connectivity index (χ0) is 10.9. The molecule has 0 aromatic carbocycles. The minimum absolute atomic E-state index is 0.142. The van der Waals surface area contributed by atoms with Gasteiger partial charge in [0.15, 0.2) is 5.02 Å². The van der Waals surface area contributed by atoms with E-state index in [1.165, 1.54) is 10.9 Å². The van der Waals surface area contributed by atoms with E-state index in [2.05, 4.69) is 9.99 Å². The van der Waals surface area contributed by atoms with Crippen LogP contribution in [0.2, 0.25) is 5.02 Å². The summed E-state index contributed by atoms with van der Waals surface area (Å²) in [4.78, 5) is 15.5. The molecule has 0 saturated carbocycles. The van der Waals surface area contributed by atoms with Gasteiger partial charge in [-0.1, -0.05) is 11.6 Å². The van der Waals surface area contributed by atoms with Crippen molar-refractivity contribution < 1.29 is 10.1 Å². The third kappa shape index (κ3) is 1.88. The topological polar surface area (TPSA) is 64.3 Å². The SMILES string of the molecule is CC(C)(C)n1ncc(OO)c(Cl)c1=O. The number of hydrogen-bond donors (Lipinski definition) is 1. The second-order valence-electron chi connectivity index (χ2n) is 3.80. The molecule has 14 heavy (non-hydrogen) atoms. The van der Waals surface area contributed by atoms with Gasteiger partial charge in [0.2, 0.25) is 5.75 Å². The van der Waals surface area contributed by atoms with Gasteiger partial charge in [-0.05, 0) is 20.8 Å². The van der Waals surface area contributed by atoms with Crippen LogP contribution in [-0.4, -0.2) is 15.0 Å². The maximum Gasteiger partial charge on any atom is 0.290 e. The first-order valence-electron chi connectivity index (χ1n) is 3.97. The van der Waals surface area contributed by atoms with Gasteiger partial charge in [0, 0.05) is 0 Å². The van der Waals surface area contributed by atoms with Crippen molar-refractivity contribution in [1.82, 2.24) is 9.78 Å². The molecule has 0 spiro atoms. The second-order valence-corrected chi connectivity index (χ2v) is 4.18. The van der Waals surface area contributed by atoms with Crippen LogP contribution in [-0.2, 0) is 5.54 Å². The van der Waals surface area contributed by atoms with E-state index in [1.807, 2.05) is 20.8 Å². The Morgan fingerprint density at radius 2 is 2.14 bits per heavy atom. The summed E-state index contributed by atoms with van der Waals surface area (Å²) in [5.74, 6) is -0.142. The number of halogens is 1. The number of aromatic nitrogens is 2. The molecule has 1 aromatic rings. The molecule has 0 fully saturated rings. The lowest BCUT2D eigenvalue weighted by Gasteiger charge is -2.20. The van der Waals surface area contributed by atoms with Gasteiger partial charge < -0.3 is 4.89 Å². The minimum Gasteiger partial charge on any atom is -0.337 e. The van der Waals surface area contributed by atoms with Gasteiger partial charge in [-0.15, -0.1) is 0 Å². The van der Waals surface area contributed by atoms with Crippen molar-refractivity contribution in [1.29, 1.82) is 0 Å². The maximum atomic E-state index is 11.6. The van der Waals surface area contributed by atoms with Crippen LogP contribution in [0, 0.1) is 0 Å². The van der Waals surface area contributed by atoms with Crippen molar-refractivity contribution >= 4 is 11.6 Å². The fourth-order valence-corrected chi connectivity index (χ4v) is 1.12. The summed E-state index contributed by atoms with van der Waals surface area (Å²) in [6.45, 7) is 5.45. The third-order valence-corrected chi connectivity index (χ3v) is 1.97. The smallest absolute Gasteiger partial charge is 0.290 e. The molecule has 0 atom stereocenters. The molecule has 0 unspecified atom stereocenters. The highest BCUT2D eigenvalue weighted by molar-refractivity contribution is 6.31.